The summed E-state index contributed by atoms with van der Waals surface area (Å²) >= 11 is 1.74. The van der Waals surface area contributed by atoms with Gasteiger partial charge in [-0.1, -0.05) is 30.3 Å². The minimum atomic E-state index is 0.665. The van der Waals surface area contributed by atoms with Crippen LogP contribution in [0.3, 0.4) is 0 Å². The van der Waals surface area contributed by atoms with Crippen molar-refractivity contribution in [2.75, 3.05) is 6.54 Å². The molecule has 2 aromatic heterocycles. The topological polar surface area (TPSA) is 40.7 Å². The Balaban J connectivity index is 1.38. The number of hydrogen-bond donors (Lipinski definition) is 2. The quantitative estimate of drug-likeness (QED) is 0.755. The van der Waals surface area contributed by atoms with Gasteiger partial charge in [-0.3, -0.25) is 5.10 Å². The molecule has 3 nitrogen and oxygen atoms in total. The van der Waals surface area contributed by atoms with E-state index in [-0.39, 0.29) is 0 Å². The smallest absolute Gasteiger partial charge is 0.0794 e. The number of nitrogens with zero attached hydrogens (tertiary/aromatic N) is 1. The molecule has 1 unspecified atom stereocenters. The fraction of sp³-hybridized carbons (Fsp3) is 0.235. The number of H-pyrrole nitrogens is 1. The van der Waals surface area contributed by atoms with Crippen LogP contribution < -0.4 is 5.32 Å². The molecule has 106 valence electrons. The molecular formula is C17H17N3S. The van der Waals surface area contributed by atoms with Crippen molar-refractivity contribution in [1.29, 1.82) is 0 Å². The molecular weight excluding hydrogens is 278 g/mol. The van der Waals surface area contributed by atoms with Crippen LogP contribution in [0.5, 0.6) is 0 Å². The lowest BCUT2D eigenvalue weighted by molar-refractivity contribution is 0.536. The highest BCUT2D eigenvalue weighted by Crippen LogP contribution is 2.34. The van der Waals surface area contributed by atoms with Gasteiger partial charge in [0.1, 0.15) is 0 Å². The minimum Gasteiger partial charge on any atom is -0.312 e. The molecule has 3 aromatic rings. The van der Waals surface area contributed by atoms with Gasteiger partial charge in [-0.05, 0) is 29.0 Å². The van der Waals surface area contributed by atoms with Crippen LogP contribution in [0.15, 0.2) is 48.0 Å². The summed E-state index contributed by atoms with van der Waals surface area (Å²) in [5, 5.41) is 13.0. The summed E-state index contributed by atoms with van der Waals surface area (Å²) in [4.78, 5) is 1.25. The van der Waals surface area contributed by atoms with E-state index in [1.165, 1.54) is 28.0 Å². The van der Waals surface area contributed by atoms with Crippen LogP contribution in [0.4, 0.5) is 0 Å². The van der Waals surface area contributed by atoms with Crippen LogP contribution in [0, 0.1) is 0 Å². The first-order valence-corrected chi connectivity index (χ1v) is 8.14. The average molecular weight is 295 g/mol. The van der Waals surface area contributed by atoms with E-state index in [1.54, 1.807) is 11.3 Å². The molecule has 1 atom stereocenters. The molecule has 4 heteroatoms. The van der Waals surface area contributed by atoms with Gasteiger partial charge in [-0.15, -0.1) is 11.3 Å². The van der Waals surface area contributed by atoms with Crippen molar-refractivity contribution in [2.45, 2.75) is 18.9 Å². The molecule has 4 rings (SSSR count). The molecule has 1 aromatic carbocycles. The predicted molar refractivity (Wildman–Crippen MR) is 86.5 cm³/mol. The number of benzene rings is 1. The van der Waals surface area contributed by atoms with Gasteiger partial charge in [0.25, 0.3) is 0 Å². The maximum absolute atomic E-state index is 4.19. The summed E-state index contributed by atoms with van der Waals surface area (Å²) in [7, 11) is 0. The zero-order valence-corrected chi connectivity index (χ0v) is 12.5. The van der Waals surface area contributed by atoms with Crippen molar-refractivity contribution < 1.29 is 0 Å². The Hall–Kier alpha value is -1.91. The summed E-state index contributed by atoms with van der Waals surface area (Å²) in [6.07, 6.45) is 3.13. The largest absolute Gasteiger partial charge is 0.312 e. The Labute approximate surface area is 128 Å². The lowest BCUT2D eigenvalue weighted by Gasteiger charge is -2.30. The fourth-order valence-corrected chi connectivity index (χ4v) is 3.76. The Morgan fingerprint density at radius 2 is 2.19 bits per heavy atom. The van der Waals surface area contributed by atoms with Gasteiger partial charge < -0.3 is 5.32 Å². The third-order valence-corrected chi connectivity index (χ3v) is 5.04. The third-order valence-electron chi connectivity index (χ3n) is 4.15. The number of rotatable bonds is 5. The highest BCUT2D eigenvalue weighted by molar-refractivity contribution is 7.13. The molecule has 0 fully saturated rings. The van der Waals surface area contributed by atoms with Gasteiger partial charge in [0, 0.05) is 24.6 Å². The van der Waals surface area contributed by atoms with E-state index in [9.17, 15) is 0 Å². The average Bonchev–Trinajstić information content (AvgIpc) is 3.14. The van der Waals surface area contributed by atoms with Gasteiger partial charge in [0.2, 0.25) is 0 Å². The van der Waals surface area contributed by atoms with E-state index in [1.807, 2.05) is 6.20 Å². The van der Waals surface area contributed by atoms with Crippen molar-refractivity contribution in [2.24, 2.45) is 0 Å². The van der Waals surface area contributed by atoms with Gasteiger partial charge in [0.05, 0.1) is 16.8 Å². The van der Waals surface area contributed by atoms with E-state index in [0.717, 1.165) is 18.8 Å². The molecule has 0 saturated carbocycles. The van der Waals surface area contributed by atoms with Crippen molar-refractivity contribution >= 4 is 11.3 Å². The molecule has 2 N–H and O–H groups in total. The summed E-state index contributed by atoms with van der Waals surface area (Å²) in [5.74, 6) is 0.665. The summed E-state index contributed by atoms with van der Waals surface area (Å²) < 4.78 is 0. The van der Waals surface area contributed by atoms with E-state index < -0.39 is 0 Å². The minimum absolute atomic E-state index is 0.665. The van der Waals surface area contributed by atoms with Gasteiger partial charge >= 0.3 is 0 Å². The van der Waals surface area contributed by atoms with E-state index in [0.29, 0.717) is 5.92 Å². The second kappa shape index (κ2) is 5.47. The van der Waals surface area contributed by atoms with Gasteiger partial charge in [-0.25, -0.2) is 0 Å². The number of nitrogens with one attached hydrogen (secondary N) is 2. The fourth-order valence-electron chi connectivity index (χ4n) is 3.01. The molecule has 1 aliphatic rings. The van der Waals surface area contributed by atoms with Crippen LogP contribution in [0.2, 0.25) is 0 Å². The van der Waals surface area contributed by atoms with Crippen LogP contribution >= 0.6 is 11.3 Å². The zero-order valence-electron chi connectivity index (χ0n) is 11.7. The highest BCUT2D eigenvalue weighted by atomic mass is 32.1. The van der Waals surface area contributed by atoms with Crippen LogP contribution in [-0.2, 0) is 13.0 Å². The first-order chi connectivity index (χ1) is 10.4. The van der Waals surface area contributed by atoms with Crippen molar-refractivity contribution in [3.63, 3.8) is 0 Å². The van der Waals surface area contributed by atoms with E-state index >= 15 is 0 Å². The third kappa shape index (κ3) is 2.41. The van der Waals surface area contributed by atoms with Gasteiger partial charge in [-0.2, -0.15) is 5.10 Å². The number of hydrogen-bond acceptors (Lipinski definition) is 3. The number of thiophene rings is 1. The van der Waals surface area contributed by atoms with Crippen LogP contribution in [0.25, 0.3) is 10.6 Å². The normalized spacial score (nSPS) is 16.5. The monoisotopic (exact) mass is 295 g/mol. The molecule has 2 heterocycles. The Morgan fingerprint density at radius 3 is 3.05 bits per heavy atom. The molecule has 0 saturated heterocycles. The predicted octanol–water partition coefficient (Wildman–Crippen LogP) is 3.57. The lowest BCUT2D eigenvalue weighted by atomic mass is 9.77. The zero-order chi connectivity index (χ0) is 14.1. The molecule has 0 spiro atoms. The first kappa shape index (κ1) is 12.8. The SMILES string of the molecule is c1csc(-c2[nH]ncc2CNCC2Cc3ccccc32)c1. The first-order valence-electron chi connectivity index (χ1n) is 7.26. The molecule has 0 aliphatic heterocycles. The molecule has 0 radical (unpaired) electrons. The number of aromatic nitrogens is 2. The number of aromatic amines is 1. The second-order valence-electron chi connectivity index (χ2n) is 5.48. The maximum Gasteiger partial charge on any atom is 0.0794 e. The van der Waals surface area contributed by atoms with E-state index in [4.69, 9.17) is 0 Å². The standard InChI is InChI=1S/C17H17N3S/c1-2-5-15-12(4-1)8-13(15)9-18-10-14-11-19-20-17(14)16-6-3-7-21-16/h1-7,11,13,18H,8-10H2,(H,19,20). The second-order valence-corrected chi connectivity index (χ2v) is 6.43. The van der Waals surface area contributed by atoms with Crippen LogP contribution in [-0.4, -0.2) is 16.7 Å². The summed E-state index contributed by atoms with van der Waals surface area (Å²) in [6, 6.07) is 12.9. The van der Waals surface area contributed by atoms with Crippen molar-refractivity contribution in [1.82, 2.24) is 15.5 Å². The molecule has 0 bridgehead atoms. The van der Waals surface area contributed by atoms with Crippen LogP contribution in [0.1, 0.15) is 22.6 Å². The summed E-state index contributed by atoms with van der Waals surface area (Å²) in [5.41, 5.74) is 5.40. The molecule has 21 heavy (non-hydrogen) atoms. The summed E-state index contributed by atoms with van der Waals surface area (Å²) in [6.45, 7) is 1.90. The molecule has 0 amide bonds. The highest BCUT2D eigenvalue weighted by Gasteiger charge is 2.24. The van der Waals surface area contributed by atoms with Crippen molar-refractivity contribution in [3.8, 4) is 10.6 Å². The van der Waals surface area contributed by atoms with Gasteiger partial charge in [0.15, 0.2) is 0 Å². The van der Waals surface area contributed by atoms with Crippen molar-refractivity contribution in [3.05, 3.63) is 64.7 Å². The number of fused-ring (bicyclic) bond motifs is 1. The molecule has 1 aliphatic carbocycles. The lowest BCUT2D eigenvalue weighted by Crippen LogP contribution is -2.28. The van der Waals surface area contributed by atoms with E-state index in [2.05, 4.69) is 57.3 Å². The Bertz CT molecular complexity index is 730. The Morgan fingerprint density at radius 1 is 1.24 bits per heavy atom. The Kier molecular flexibility index (Phi) is 3.33. The maximum atomic E-state index is 4.19.